The van der Waals surface area contributed by atoms with Crippen molar-refractivity contribution in [2.24, 2.45) is 0 Å². The molecule has 0 unspecified atom stereocenters. The minimum atomic E-state index is -0.758. The Morgan fingerprint density at radius 3 is 2.37 bits per heavy atom. The quantitative estimate of drug-likeness (QED) is 0.323. The number of fused-ring (bicyclic) bond motifs is 1. The van der Waals surface area contributed by atoms with Gasteiger partial charge in [0.05, 0.1) is 26.9 Å². The zero-order valence-corrected chi connectivity index (χ0v) is 16.0. The van der Waals surface area contributed by atoms with Gasteiger partial charge in [-0.3, -0.25) is 4.79 Å². The molecule has 0 aromatic heterocycles. The number of esters is 1. The average Bonchev–Trinajstić information content (AvgIpc) is 2.65. The van der Waals surface area contributed by atoms with Crippen molar-refractivity contribution in [1.82, 2.24) is 0 Å². The normalized spacial score (nSPS) is 10.9. The van der Waals surface area contributed by atoms with Crippen LogP contribution in [-0.2, 0) is 14.9 Å². The van der Waals surface area contributed by atoms with Crippen molar-refractivity contribution in [2.75, 3.05) is 21.3 Å². The van der Waals surface area contributed by atoms with Gasteiger partial charge in [-0.15, -0.1) is 0 Å². The highest BCUT2D eigenvalue weighted by molar-refractivity contribution is 6.25. The van der Waals surface area contributed by atoms with E-state index in [2.05, 4.69) is 4.79 Å². The zero-order chi connectivity index (χ0) is 20.2. The van der Waals surface area contributed by atoms with Crippen LogP contribution in [0.15, 0.2) is 24.3 Å². The van der Waals surface area contributed by atoms with Gasteiger partial charge in [-0.2, -0.15) is 4.79 Å². The van der Waals surface area contributed by atoms with Crippen molar-refractivity contribution < 1.29 is 28.6 Å². The molecule has 2 aromatic rings. The van der Waals surface area contributed by atoms with E-state index in [1.54, 1.807) is 24.3 Å². The average molecular weight is 370 g/mol. The molecule has 0 heterocycles. The first-order valence-corrected chi connectivity index (χ1v) is 8.26. The number of carbonyl (C=O) groups is 2. The molecule has 0 spiro atoms. The maximum absolute atomic E-state index is 12.7. The van der Waals surface area contributed by atoms with Crippen LogP contribution >= 0.6 is 0 Å². The van der Waals surface area contributed by atoms with Crippen molar-refractivity contribution in [3.8, 4) is 11.5 Å². The smallest absolute Gasteiger partial charge is 0.338 e. The molecule has 0 saturated carbocycles. The molecular formula is C20H22N2O5. The molecule has 7 nitrogen and oxygen atoms in total. The molecule has 0 amide bonds. The van der Waals surface area contributed by atoms with Crippen LogP contribution in [0.25, 0.3) is 16.3 Å². The highest BCUT2D eigenvalue weighted by Gasteiger charge is 2.32. The zero-order valence-electron chi connectivity index (χ0n) is 16.0. The standard InChI is InChI=1S/C20H22N2O5/c1-20(2,10-12(23)11-22-21)16-9-17(26-4)14-7-6-13(25-3)8-15(14)18(16)19(24)27-5/h6-9,11H,10H2,1-5H3. The Morgan fingerprint density at radius 2 is 1.81 bits per heavy atom. The Hall–Kier alpha value is -3.18. The third kappa shape index (κ3) is 3.99. The highest BCUT2D eigenvalue weighted by atomic mass is 16.5. The molecule has 2 aromatic carbocycles. The van der Waals surface area contributed by atoms with E-state index in [4.69, 9.17) is 19.7 Å². The molecule has 0 bridgehead atoms. The van der Waals surface area contributed by atoms with E-state index in [0.29, 0.717) is 28.0 Å². The fourth-order valence-corrected chi connectivity index (χ4v) is 3.16. The molecule has 7 heteroatoms. The molecule has 0 atom stereocenters. The van der Waals surface area contributed by atoms with E-state index in [1.807, 2.05) is 13.8 Å². The van der Waals surface area contributed by atoms with Crippen LogP contribution in [0.4, 0.5) is 0 Å². The summed E-state index contributed by atoms with van der Waals surface area (Å²) in [7, 11) is 4.38. The third-order valence-electron chi connectivity index (χ3n) is 4.46. The van der Waals surface area contributed by atoms with Gasteiger partial charge in [-0.25, -0.2) is 4.79 Å². The lowest BCUT2D eigenvalue weighted by Crippen LogP contribution is -2.26. The van der Waals surface area contributed by atoms with Gasteiger partial charge in [-0.05, 0) is 35.2 Å². The Kier molecular flexibility index (Phi) is 5.98. The second-order valence-corrected chi connectivity index (χ2v) is 6.68. The summed E-state index contributed by atoms with van der Waals surface area (Å²) in [5.41, 5.74) is 8.78. The first-order chi connectivity index (χ1) is 12.8. The maximum atomic E-state index is 12.7. The molecule has 0 aliphatic heterocycles. The number of rotatable bonds is 7. The number of hydrogen-bond donors (Lipinski definition) is 0. The predicted octanol–water partition coefficient (Wildman–Crippen LogP) is 3.18. The molecule has 0 aliphatic rings. The number of ether oxygens (including phenoxy) is 3. The summed E-state index contributed by atoms with van der Waals surface area (Å²) in [6.07, 6.45) is 0.876. The molecule has 0 N–H and O–H groups in total. The number of ketones is 1. The largest absolute Gasteiger partial charge is 0.497 e. The second-order valence-electron chi connectivity index (χ2n) is 6.68. The fraction of sp³-hybridized carbons (Fsp3) is 0.350. The van der Waals surface area contributed by atoms with Crippen molar-refractivity contribution in [3.05, 3.63) is 40.9 Å². The molecule has 2 rings (SSSR count). The van der Waals surface area contributed by atoms with Crippen LogP contribution in [0.5, 0.6) is 11.5 Å². The van der Waals surface area contributed by atoms with Crippen molar-refractivity contribution in [2.45, 2.75) is 25.7 Å². The lowest BCUT2D eigenvalue weighted by molar-refractivity contribution is -0.117. The first-order valence-electron chi connectivity index (χ1n) is 8.26. The Balaban J connectivity index is 2.86. The maximum Gasteiger partial charge on any atom is 0.338 e. The van der Waals surface area contributed by atoms with Crippen LogP contribution in [0, 0.1) is 0 Å². The lowest BCUT2D eigenvalue weighted by atomic mass is 9.76. The topological polar surface area (TPSA) is 98.2 Å². The van der Waals surface area contributed by atoms with Gasteiger partial charge < -0.3 is 19.7 Å². The molecule has 0 fully saturated rings. The monoisotopic (exact) mass is 370 g/mol. The van der Waals surface area contributed by atoms with Gasteiger partial charge in [0.15, 0.2) is 0 Å². The van der Waals surface area contributed by atoms with Crippen molar-refractivity contribution in [1.29, 1.82) is 0 Å². The van der Waals surface area contributed by atoms with Gasteiger partial charge >= 0.3 is 12.2 Å². The van der Waals surface area contributed by atoms with Crippen LogP contribution in [0.1, 0.15) is 36.2 Å². The van der Waals surface area contributed by atoms with Crippen molar-refractivity contribution in [3.63, 3.8) is 0 Å². The van der Waals surface area contributed by atoms with Gasteiger partial charge in [0, 0.05) is 17.2 Å². The molecule has 142 valence electrons. The van der Waals surface area contributed by atoms with E-state index in [0.717, 1.165) is 11.6 Å². The lowest BCUT2D eigenvalue weighted by Gasteiger charge is -2.27. The number of methoxy groups -OCH3 is 3. The van der Waals surface area contributed by atoms with Crippen LogP contribution in [0.3, 0.4) is 0 Å². The summed E-state index contributed by atoms with van der Waals surface area (Å²) in [5, 5.41) is 1.33. The first kappa shape index (κ1) is 20.1. The van der Waals surface area contributed by atoms with E-state index in [1.165, 1.54) is 21.3 Å². The van der Waals surface area contributed by atoms with Gasteiger partial charge in [0.1, 0.15) is 11.5 Å². The van der Waals surface area contributed by atoms with Crippen LogP contribution in [0.2, 0.25) is 0 Å². The van der Waals surface area contributed by atoms with Crippen molar-refractivity contribution >= 4 is 28.7 Å². The Morgan fingerprint density at radius 1 is 1.11 bits per heavy atom. The molecular weight excluding hydrogens is 348 g/mol. The molecule has 0 saturated heterocycles. The summed E-state index contributed by atoms with van der Waals surface area (Å²) < 4.78 is 15.8. The number of Topliss-reactive ketones (excluding diaryl/α,β-unsaturated/α-hetero) is 1. The minimum Gasteiger partial charge on any atom is -0.497 e. The Labute approximate surface area is 157 Å². The minimum absolute atomic E-state index is 0.0275. The SMILES string of the molecule is COC(=O)c1c(C(C)(C)CC(=O)C=[N+]=[N-])cc(OC)c2ccc(OC)cc12. The summed E-state index contributed by atoms with van der Waals surface area (Å²) >= 11 is 0. The van der Waals surface area contributed by atoms with E-state index < -0.39 is 11.4 Å². The van der Waals surface area contributed by atoms with Gasteiger partial charge in [0.25, 0.3) is 0 Å². The molecule has 27 heavy (non-hydrogen) atoms. The van der Waals surface area contributed by atoms with E-state index >= 15 is 0 Å². The fourth-order valence-electron chi connectivity index (χ4n) is 3.16. The summed E-state index contributed by atoms with van der Waals surface area (Å²) in [6, 6.07) is 7.06. The molecule has 0 aliphatic carbocycles. The van der Waals surface area contributed by atoms with Gasteiger partial charge in [-0.1, -0.05) is 13.8 Å². The van der Waals surface area contributed by atoms with E-state index in [-0.39, 0.29) is 12.2 Å². The second kappa shape index (κ2) is 8.01. The van der Waals surface area contributed by atoms with Crippen LogP contribution in [-0.4, -0.2) is 44.1 Å². The Bertz CT molecular complexity index is 943. The third-order valence-corrected chi connectivity index (χ3v) is 4.46. The highest BCUT2D eigenvalue weighted by Crippen LogP contribution is 2.40. The number of hydrogen-bond acceptors (Lipinski definition) is 5. The van der Waals surface area contributed by atoms with E-state index in [9.17, 15) is 9.59 Å². The number of benzene rings is 2. The summed E-state index contributed by atoms with van der Waals surface area (Å²) in [5.74, 6) is 0.241. The number of carbonyl (C=O) groups excluding carboxylic acids is 2. The van der Waals surface area contributed by atoms with Gasteiger partial charge in [0.2, 0.25) is 5.78 Å². The number of nitrogens with zero attached hydrogens (tertiary/aromatic N) is 2. The predicted molar refractivity (Wildman–Crippen MR) is 101 cm³/mol. The summed E-state index contributed by atoms with van der Waals surface area (Å²) in [4.78, 5) is 27.5. The molecule has 0 radical (unpaired) electrons. The van der Waals surface area contributed by atoms with Crippen LogP contribution < -0.4 is 9.47 Å². The summed E-state index contributed by atoms with van der Waals surface area (Å²) in [6.45, 7) is 3.65.